The van der Waals surface area contributed by atoms with Gasteiger partial charge in [0.15, 0.2) is 8.32 Å². The number of allylic oxidation sites excluding steroid dienone is 3. The molecule has 0 spiro atoms. The van der Waals surface area contributed by atoms with Crippen LogP contribution in [0.2, 0.25) is 37.8 Å². The molecule has 0 bridgehead atoms. The second-order valence-electron chi connectivity index (χ2n) is 14.5. The van der Waals surface area contributed by atoms with Crippen molar-refractivity contribution in [2.75, 3.05) is 0 Å². The highest BCUT2D eigenvalue weighted by molar-refractivity contribution is 6.74. The van der Waals surface area contributed by atoms with Crippen molar-refractivity contribution in [3.05, 3.63) is 23.5 Å². The summed E-state index contributed by atoms with van der Waals surface area (Å²) in [6.07, 6.45) is 14.5. The van der Waals surface area contributed by atoms with E-state index in [1.54, 1.807) is 5.57 Å². The van der Waals surface area contributed by atoms with Gasteiger partial charge in [-0.3, -0.25) is 0 Å². The summed E-state index contributed by atoms with van der Waals surface area (Å²) in [6.45, 7) is 24.1. The first-order chi connectivity index (χ1) is 14.6. The Morgan fingerprint density at radius 3 is 2.16 bits per heavy atom. The van der Waals surface area contributed by atoms with Gasteiger partial charge >= 0.3 is 0 Å². The zero-order valence-corrected chi connectivity index (χ0v) is 24.7. The Kier molecular flexibility index (Phi) is 6.08. The quantitative estimate of drug-likeness (QED) is 0.299. The molecule has 182 valence electrons. The number of rotatable bonds is 4. The fourth-order valence-corrected chi connectivity index (χ4v) is 9.70. The Morgan fingerprint density at radius 2 is 1.53 bits per heavy atom. The molecule has 4 aliphatic carbocycles. The molecule has 4 heteroatoms. The molecule has 0 aromatic heterocycles. The van der Waals surface area contributed by atoms with Crippen LogP contribution in [0, 0.1) is 28.6 Å². The first-order valence-corrected chi connectivity index (χ1v) is 19.7. The van der Waals surface area contributed by atoms with E-state index in [1.807, 2.05) is 0 Å². The highest BCUT2D eigenvalue weighted by atomic mass is 28.4. The molecule has 4 aliphatic rings. The van der Waals surface area contributed by atoms with Gasteiger partial charge in [0.2, 0.25) is 8.32 Å². The van der Waals surface area contributed by atoms with E-state index in [2.05, 4.69) is 79.5 Å². The molecule has 0 aliphatic heterocycles. The lowest BCUT2D eigenvalue weighted by Crippen LogP contribution is -2.51. The van der Waals surface area contributed by atoms with Gasteiger partial charge < -0.3 is 8.85 Å². The molecule has 0 unspecified atom stereocenters. The summed E-state index contributed by atoms with van der Waals surface area (Å²) < 4.78 is 13.5. The van der Waals surface area contributed by atoms with E-state index in [0.29, 0.717) is 16.6 Å². The van der Waals surface area contributed by atoms with Gasteiger partial charge in [-0.25, -0.2) is 0 Å². The van der Waals surface area contributed by atoms with Crippen molar-refractivity contribution in [1.29, 1.82) is 0 Å². The Bertz CT molecular complexity index is 799. The largest absolute Gasteiger partial charge is 0.547 e. The Labute approximate surface area is 200 Å². The summed E-state index contributed by atoms with van der Waals surface area (Å²) in [6, 6.07) is 0. The smallest absolute Gasteiger partial charge is 0.241 e. The molecule has 6 atom stereocenters. The van der Waals surface area contributed by atoms with Gasteiger partial charge in [-0.15, -0.1) is 0 Å². The molecule has 0 amide bonds. The molecule has 0 heterocycles. The molecule has 2 fully saturated rings. The van der Waals surface area contributed by atoms with Gasteiger partial charge in [-0.2, -0.15) is 0 Å². The summed E-state index contributed by atoms with van der Waals surface area (Å²) in [4.78, 5) is 0. The summed E-state index contributed by atoms with van der Waals surface area (Å²) in [5, 5.41) is 0.290. The molecule has 0 saturated heterocycles. The maximum Gasteiger partial charge on any atom is 0.241 e. The van der Waals surface area contributed by atoms with E-state index in [0.717, 1.165) is 17.8 Å². The number of hydrogen-bond acceptors (Lipinski definition) is 2. The average molecular weight is 475 g/mol. The third-order valence-electron chi connectivity index (χ3n) is 10.3. The molecule has 4 rings (SSSR count). The third kappa shape index (κ3) is 4.15. The van der Waals surface area contributed by atoms with Gasteiger partial charge in [0, 0.05) is 11.5 Å². The standard InChI is InChI=1S/C28H50O2Si2/c1-26(2,3)32(9,10)29-21-15-17-27(4)20(19-21)11-12-22-23-13-14-25(30-31(6,7)8)28(23,5)18-16-24(22)27/h11,14,21-24H,12-13,15-19H2,1-10H3/t21-,22-,23-,24-,27-,28-/m0/s1. The van der Waals surface area contributed by atoms with Crippen LogP contribution in [0.1, 0.15) is 79.6 Å². The van der Waals surface area contributed by atoms with Crippen LogP contribution in [0.25, 0.3) is 0 Å². The van der Waals surface area contributed by atoms with Crippen LogP contribution in [0.5, 0.6) is 0 Å². The molecule has 0 aromatic rings. The van der Waals surface area contributed by atoms with Crippen LogP contribution in [-0.4, -0.2) is 22.7 Å². The predicted molar refractivity (Wildman–Crippen MR) is 142 cm³/mol. The van der Waals surface area contributed by atoms with Gasteiger partial charge in [-0.1, -0.05) is 46.3 Å². The van der Waals surface area contributed by atoms with Crippen LogP contribution in [0.3, 0.4) is 0 Å². The second kappa shape index (κ2) is 7.85. The van der Waals surface area contributed by atoms with Crippen LogP contribution in [0.4, 0.5) is 0 Å². The van der Waals surface area contributed by atoms with Crippen molar-refractivity contribution in [1.82, 2.24) is 0 Å². The predicted octanol–water partition coefficient (Wildman–Crippen LogP) is 8.68. The molecular weight excluding hydrogens is 424 g/mol. The maximum atomic E-state index is 6.90. The molecular formula is C28H50O2Si2. The Balaban J connectivity index is 1.51. The summed E-state index contributed by atoms with van der Waals surface area (Å²) >= 11 is 0. The number of fused-ring (bicyclic) bond motifs is 5. The lowest BCUT2D eigenvalue weighted by Gasteiger charge is -2.58. The van der Waals surface area contributed by atoms with E-state index in [1.165, 1.54) is 50.7 Å². The summed E-state index contributed by atoms with van der Waals surface area (Å²) in [5.74, 6) is 3.78. The summed E-state index contributed by atoms with van der Waals surface area (Å²) in [5.41, 5.74) is 2.40. The molecule has 2 saturated carbocycles. The van der Waals surface area contributed by atoms with Crippen LogP contribution < -0.4 is 0 Å². The van der Waals surface area contributed by atoms with Crippen molar-refractivity contribution in [3.8, 4) is 0 Å². The number of hydrogen-bond donors (Lipinski definition) is 0. The zero-order chi connectivity index (χ0) is 23.7. The van der Waals surface area contributed by atoms with Gasteiger partial charge in [0.1, 0.15) is 0 Å². The van der Waals surface area contributed by atoms with Crippen molar-refractivity contribution in [2.45, 2.75) is 123 Å². The SMILES string of the molecule is CC(C)(C)[Si](C)(C)O[C@H]1CC[C@@]2(C)C(=CC[C@@H]3[C@@H]2CC[C@]2(C)C(O[Si](C)(C)C)=CC[C@@H]32)C1. The van der Waals surface area contributed by atoms with Crippen LogP contribution in [0.15, 0.2) is 23.5 Å². The van der Waals surface area contributed by atoms with Crippen molar-refractivity contribution in [3.63, 3.8) is 0 Å². The van der Waals surface area contributed by atoms with Crippen LogP contribution in [-0.2, 0) is 8.85 Å². The molecule has 32 heavy (non-hydrogen) atoms. The molecule has 0 N–H and O–H groups in total. The minimum atomic E-state index is -1.71. The van der Waals surface area contributed by atoms with Gasteiger partial charge in [0.05, 0.1) is 5.76 Å². The van der Waals surface area contributed by atoms with E-state index in [9.17, 15) is 0 Å². The third-order valence-corrected chi connectivity index (χ3v) is 15.6. The zero-order valence-electron chi connectivity index (χ0n) is 22.7. The van der Waals surface area contributed by atoms with Crippen molar-refractivity contribution < 1.29 is 8.85 Å². The van der Waals surface area contributed by atoms with E-state index in [-0.39, 0.29) is 5.41 Å². The fraction of sp³-hybridized carbons (Fsp3) is 0.857. The maximum absolute atomic E-state index is 6.90. The molecule has 0 radical (unpaired) electrons. The first-order valence-electron chi connectivity index (χ1n) is 13.3. The Hall–Kier alpha value is -0.326. The second-order valence-corrected chi connectivity index (χ2v) is 23.7. The normalized spacial score (nSPS) is 40.1. The topological polar surface area (TPSA) is 18.5 Å². The van der Waals surface area contributed by atoms with E-state index in [4.69, 9.17) is 8.85 Å². The lowest BCUT2D eigenvalue weighted by atomic mass is 9.48. The Morgan fingerprint density at radius 1 is 0.875 bits per heavy atom. The molecule has 2 nitrogen and oxygen atoms in total. The average Bonchev–Trinajstić information content (AvgIpc) is 2.96. The van der Waals surface area contributed by atoms with Gasteiger partial charge in [-0.05, 0) is 112 Å². The monoisotopic (exact) mass is 474 g/mol. The van der Waals surface area contributed by atoms with Crippen molar-refractivity contribution in [2.24, 2.45) is 28.6 Å². The minimum Gasteiger partial charge on any atom is -0.547 e. The first kappa shape index (κ1) is 24.8. The molecule has 0 aromatic carbocycles. The fourth-order valence-electron chi connectivity index (χ4n) is 7.34. The highest BCUT2D eigenvalue weighted by Gasteiger charge is 2.58. The van der Waals surface area contributed by atoms with Crippen molar-refractivity contribution >= 4 is 16.6 Å². The minimum absolute atomic E-state index is 0.270. The summed E-state index contributed by atoms with van der Waals surface area (Å²) in [7, 11) is -3.27. The van der Waals surface area contributed by atoms with Gasteiger partial charge in [0.25, 0.3) is 0 Å². The lowest BCUT2D eigenvalue weighted by molar-refractivity contribution is -0.0369. The van der Waals surface area contributed by atoms with E-state index < -0.39 is 16.6 Å². The van der Waals surface area contributed by atoms with Crippen LogP contribution >= 0.6 is 0 Å². The van der Waals surface area contributed by atoms with E-state index >= 15 is 0 Å². The highest BCUT2D eigenvalue weighted by Crippen LogP contribution is 2.65.